The first-order valence-electron chi connectivity index (χ1n) is 11.5. The molecular weight excluding hydrogens is 420 g/mol. The fraction of sp³-hybridized carbons (Fsp3) is 0.0667. The summed E-state index contributed by atoms with van der Waals surface area (Å²) in [5, 5.41) is 7.16. The van der Waals surface area contributed by atoms with Gasteiger partial charge in [0.25, 0.3) is 0 Å². The van der Waals surface area contributed by atoms with E-state index in [-0.39, 0.29) is 6.10 Å². The number of hydrogen-bond donors (Lipinski definition) is 2. The number of H-pyrrole nitrogens is 1. The second kappa shape index (κ2) is 7.56. The van der Waals surface area contributed by atoms with Crippen LogP contribution in [0.2, 0.25) is 0 Å². The molecule has 2 N–H and O–H groups in total. The zero-order chi connectivity index (χ0) is 22.5. The Balaban J connectivity index is 0.000000118. The molecule has 0 saturated carbocycles. The summed E-state index contributed by atoms with van der Waals surface area (Å²) in [5.74, 6) is 1.26. The predicted octanol–water partition coefficient (Wildman–Crippen LogP) is 5.03. The van der Waals surface area contributed by atoms with E-state index in [1.54, 1.807) is 12.5 Å². The maximum atomic E-state index is 5.58. The SMILES string of the molecule is C1=COC2=CC=C3Nc4ccccc4C3C2=C1.C1=COC2C=c3[nH]c4ccccc4c3=CC2=C1. The summed E-state index contributed by atoms with van der Waals surface area (Å²) in [6, 6.07) is 16.8. The Bertz CT molecular complexity index is 1640. The molecule has 2 unspecified atom stereocenters. The molecule has 4 nitrogen and oxygen atoms in total. The van der Waals surface area contributed by atoms with E-state index < -0.39 is 0 Å². The first-order chi connectivity index (χ1) is 16.8. The maximum absolute atomic E-state index is 5.58. The number of para-hydroxylation sites is 2. The van der Waals surface area contributed by atoms with Crippen molar-refractivity contribution in [3.8, 4) is 0 Å². The van der Waals surface area contributed by atoms with Gasteiger partial charge >= 0.3 is 0 Å². The number of aromatic amines is 1. The largest absolute Gasteiger partial charge is 0.489 e. The molecule has 2 aliphatic carbocycles. The zero-order valence-corrected chi connectivity index (χ0v) is 18.4. The number of rotatable bonds is 0. The topological polar surface area (TPSA) is 46.3 Å². The van der Waals surface area contributed by atoms with Crippen LogP contribution in [0.3, 0.4) is 0 Å². The number of benzene rings is 2. The second-order valence-corrected chi connectivity index (χ2v) is 8.73. The second-order valence-electron chi connectivity index (χ2n) is 8.73. The van der Waals surface area contributed by atoms with Gasteiger partial charge in [0.1, 0.15) is 11.9 Å². The van der Waals surface area contributed by atoms with Gasteiger partial charge in [0.05, 0.1) is 18.4 Å². The molecule has 0 radical (unpaired) electrons. The highest BCUT2D eigenvalue weighted by molar-refractivity contribution is 5.84. The smallest absolute Gasteiger partial charge is 0.143 e. The van der Waals surface area contributed by atoms with Gasteiger partial charge < -0.3 is 19.8 Å². The fourth-order valence-electron chi connectivity index (χ4n) is 5.18. The number of nitrogens with one attached hydrogen (secondary N) is 2. The van der Waals surface area contributed by atoms with Crippen molar-refractivity contribution >= 4 is 28.7 Å². The van der Waals surface area contributed by atoms with Crippen molar-refractivity contribution in [2.45, 2.75) is 12.0 Å². The maximum Gasteiger partial charge on any atom is 0.143 e. The van der Waals surface area contributed by atoms with E-state index in [0.717, 1.165) is 11.1 Å². The monoisotopic (exact) mass is 442 g/mol. The Morgan fingerprint density at radius 1 is 0.824 bits per heavy atom. The Kier molecular flexibility index (Phi) is 4.24. The molecule has 1 aromatic heterocycles. The third kappa shape index (κ3) is 3.00. The summed E-state index contributed by atoms with van der Waals surface area (Å²) >= 11 is 0. The van der Waals surface area contributed by atoms with E-state index in [1.807, 2.05) is 18.2 Å². The quantitative estimate of drug-likeness (QED) is 0.513. The molecule has 0 spiro atoms. The van der Waals surface area contributed by atoms with Crippen molar-refractivity contribution < 1.29 is 9.47 Å². The Labute approximate surface area is 196 Å². The molecule has 34 heavy (non-hydrogen) atoms. The van der Waals surface area contributed by atoms with Crippen LogP contribution >= 0.6 is 0 Å². The van der Waals surface area contributed by atoms with Gasteiger partial charge in [-0.15, -0.1) is 0 Å². The summed E-state index contributed by atoms with van der Waals surface area (Å²) in [6.07, 6.45) is 20.2. The van der Waals surface area contributed by atoms with Crippen molar-refractivity contribution in [3.63, 3.8) is 0 Å². The minimum atomic E-state index is 0.0561. The molecule has 164 valence electrons. The number of ether oxygens (including phenoxy) is 2. The summed E-state index contributed by atoms with van der Waals surface area (Å²) < 4.78 is 11.1. The molecule has 0 bridgehead atoms. The molecule has 8 rings (SSSR count). The van der Waals surface area contributed by atoms with Gasteiger partial charge in [0.15, 0.2) is 0 Å². The van der Waals surface area contributed by atoms with Crippen LogP contribution in [0.1, 0.15) is 11.5 Å². The van der Waals surface area contributed by atoms with Gasteiger partial charge in [-0.3, -0.25) is 0 Å². The molecule has 2 atom stereocenters. The van der Waals surface area contributed by atoms with Crippen LogP contribution < -0.4 is 15.9 Å². The average Bonchev–Trinajstić information content (AvgIpc) is 3.46. The number of aromatic nitrogens is 1. The highest BCUT2D eigenvalue weighted by Gasteiger charge is 2.34. The molecular formula is C30H22N2O2. The van der Waals surface area contributed by atoms with Crippen molar-refractivity contribution in [2.24, 2.45) is 0 Å². The number of hydrogen-bond acceptors (Lipinski definition) is 3. The lowest BCUT2D eigenvalue weighted by Crippen LogP contribution is -2.31. The molecule has 0 saturated heterocycles. The van der Waals surface area contributed by atoms with Crippen LogP contribution in [0.15, 0.2) is 120 Å². The van der Waals surface area contributed by atoms with Crippen LogP contribution in [-0.4, -0.2) is 11.1 Å². The van der Waals surface area contributed by atoms with Crippen molar-refractivity contribution in [1.82, 2.24) is 4.98 Å². The average molecular weight is 443 g/mol. The van der Waals surface area contributed by atoms with E-state index in [0.29, 0.717) is 5.92 Å². The van der Waals surface area contributed by atoms with Crippen LogP contribution in [0.4, 0.5) is 5.69 Å². The van der Waals surface area contributed by atoms with Crippen LogP contribution in [0.25, 0.3) is 23.1 Å². The van der Waals surface area contributed by atoms with Gasteiger partial charge in [0, 0.05) is 38.4 Å². The molecule has 2 aromatic carbocycles. The summed E-state index contributed by atoms with van der Waals surface area (Å²) in [6.45, 7) is 0. The summed E-state index contributed by atoms with van der Waals surface area (Å²) in [7, 11) is 0. The number of anilines is 1. The van der Waals surface area contributed by atoms with Gasteiger partial charge in [-0.25, -0.2) is 0 Å². The van der Waals surface area contributed by atoms with Crippen LogP contribution in [0, 0.1) is 0 Å². The standard InChI is InChI=1S/2C15H11NO/c1-2-6-13-11(5-1)12-8-10-4-3-7-17-15(10)9-14(12)16-13;1-2-6-12-10(4-1)15-11-5-3-9-17-14(11)8-7-13(15)16-12/h2*1-9,15-16H. The fourth-order valence-corrected chi connectivity index (χ4v) is 5.18. The van der Waals surface area contributed by atoms with Crippen molar-refractivity contribution in [1.29, 1.82) is 0 Å². The Morgan fingerprint density at radius 2 is 1.71 bits per heavy atom. The molecule has 4 heterocycles. The first-order valence-corrected chi connectivity index (χ1v) is 11.5. The Morgan fingerprint density at radius 3 is 2.71 bits per heavy atom. The lowest BCUT2D eigenvalue weighted by Gasteiger charge is -2.24. The minimum absolute atomic E-state index is 0.0561. The van der Waals surface area contributed by atoms with Crippen LogP contribution in [0.5, 0.6) is 0 Å². The van der Waals surface area contributed by atoms with E-state index >= 15 is 0 Å². The van der Waals surface area contributed by atoms with Crippen molar-refractivity contribution in [3.05, 3.63) is 136 Å². The highest BCUT2D eigenvalue weighted by atomic mass is 16.5. The molecule has 0 fully saturated rings. The van der Waals surface area contributed by atoms with Gasteiger partial charge in [-0.1, -0.05) is 48.6 Å². The van der Waals surface area contributed by atoms with Crippen LogP contribution in [-0.2, 0) is 9.47 Å². The van der Waals surface area contributed by atoms with Gasteiger partial charge in [-0.05, 0) is 59.7 Å². The zero-order valence-electron chi connectivity index (χ0n) is 18.4. The van der Waals surface area contributed by atoms with E-state index in [4.69, 9.17) is 9.47 Å². The molecule has 4 heteroatoms. The number of fused-ring (bicyclic) bond motifs is 9. The Hall–Kier alpha value is -4.44. The number of allylic oxidation sites excluding steroid dienone is 8. The molecule has 0 amide bonds. The normalized spacial score (nSPS) is 22.0. The van der Waals surface area contributed by atoms with E-state index in [9.17, 15) is 0 Å². The molecule has 3 aromatic rings. The third-order valence-corrected chi connectivity index (χ3v) is 6.75. The van der Waals surface area contributed by atoms with E-state index in [2.05, 4.69) is 89.2 Å². The minimum Gasteiger partial charge on any atom is -0.489 e. The molecule has 3 aliphatic heterocycles. The predicted molar refractivity (Wildman–Crippen MR) is 136 cm³/mol. The molecule has 5 aliphatic rings. The first kappa shape index (κ1) is 19.1. The summed E-state index contributed by atoms with van der Waals surface area (Å²) in [4.78, 5) is 3.43. The van der Waals surface area contributed by atoms with Crippen molar-refractivity contribution in [2.75, 3.05) is 5.32 Å². The van der Waals surface area contributed by atoms with Gasteiger partial charge in [-0.2, -0.15) is 0 Å². The lowest BCUT2D eigenvalue weighted by molar-refractivity contribution is 0.229. The van der Waals surface area contributed by atoms with E-state index in [1.165, 1.54) is 44.2 Å². The summed E-state index contributed by atoms with van der Waals surface area (Å²) in [5.41, 5.74) is 7.40. The highest BCUT2D eigenvalue weighted by Crippen LogP contribution is 2.47. The lowest BCUT2D eigenvalue weighted by atomic mass is 9.85. The third-order valence-electron chi connectivity index (χ3n) is 6.75. The van der Waals surface area contributed by atoms with Gasteiger partial charge in [0.2, 0.25) is 0 Å².